The monoisotopic (exact) mass is 334 g/mol. The summed E-state index contributed by atoms with van der Waals surface area (Å²) in [4.78, 5) is 2.34. The summed E-state index contributed by atoms with van der Waals surface area (Å²) in [5.74, 6) is 0. The maximum absolute atomic E-state index is 9.86. The second-order valence-electron chi connectivity index (χ2n) is 7.37. The van der Waals surface area contributed by atoms with Crippen molar-refractivity contribution in [1.82, 2.24) is 10.2 Å². The van der Waals surface area contributed by atoms with Crippen LogP contribution in [0.2, 0.25) is 0 Å². The van der Waals surface area contributed by atoms with Gasteiger partial charge in [0.15, 0.2) is 0 Å². The first-order valence-corrected chi connectivity index (χ1v) is 9.13. The highest BCUT2D eigenvalue weighted by Gasteiger charge is 2.22. The van der Waals surface area contributed by atoms with Crippen molar-refractivity contribution in [3.8, 4) is 0 Å². The van der Waals surface area contributed by atoms with Crippen LogP contribution in [0.3, 0.4) is 0 Å². The van der Waals surface area contributed by atoms with E-state index >= 15 is 0 Å². The summed E-state index contributed by atoms with van der Waals surface area (Å²) < 4.78 is 5.01. The van der Waals surface area contributed by atoms with Gasteiger partial charge in [0.1, 0.15) is 0 Å². The van der Waals surface area contributed by atoms with Gasteiger partial charge in [-0.15, -0.1) is 0 Å². The third kappa shape index (κ3) is 5.28. The van der Waals surface area contributed by atoms with E-state index in [1.807, 2.05) is 0 Å². The van der Waals surface area contributed by atoms with Crippen molar-refractivity contribution in [2.45, 2.75) is 58.7 Å². The van der Waals surface area contributed by atoms with Gasteiger partial charge in [-0.1, -0.05) is 12.1 Å². The van der Waals surface area contributed by atoms with Crippen LogP contribution < -0.4 is 5.32 Å². The minimum Gasteiger partial charge on any atom is -0.389 e. The van der Waals surface area contributed by atoms with E-state index in [4.69, 9.17) is 4.74 Å². The summed E-state index contributed by atoms with van der Waals surface area (Å²) in [5, 5.41) is 13.7. The number of methoxy groups -OCH3 is 1. The fourth-order valence-corrected chi connectivity index (χ4v) is 3.72. The highest BCUT2D eigenvalue weighted by Crippen LogP contribution is 2.23. The van der Waals surface area contributed by atoms with Crippen LogP contribution in [0, 0.1) is 20.8 Å². The number of β-amino-alcohol motifs (C(OH)–C–C–N with tert-alkyl or cyclic N) is 1. The summed E-state index contributed by atoms with van der Waals surface area (Å²) in [6.07, 6.45) is 1.89. The van der Waals surface area contributed by atoms with Crippen LogP contribution in [-0.2, 0) is 4.74 Å². The number of nitrogens with one attached hydrogen (secondary N) is 1. The van der Waals surface area contributed by atoms with Gasteiger partial charge in [0.05, 0.1) is 12.7 Å². The van der Waals surface area contributed by atoms with E-state index in [0.717, 1.165) is 25.9 Å². The van der Waals surface area contributed by atoms with Crippen molar-refractivity contribution in [3.63, 3.8) is 0 Å². The van der Waals surface area contributed by atoms with Gasteiger partial charge in [-0.2, -0.15) is 0 Å². The number of rotatable bonds is 7. The molecular formula is C20H34N2O2. The number of aliphatic hydroxyl groups excluding tert-OH is 1. The van der Waals surface area contributed by atoms with Crippen molar-refractivity contribution >= 4 is 0 Å². The fraction of sp³-hybridized carbons (Fsp3) is 0.700. The van der Waals surface area contributed by atoms with Crippen LogP contribution >= 0.6 is 0 Å². The summed E-state index contributed by atoms with van der Waals surface area (Å²) in [7, 11) is 1.63. The molecule has 0 saturated carbocycles. The average molecular weight is 335 g/mol. The lowest BCUT2D eigenvalue weighted by Gasteiger charge is -2.35. The molecule has 0 aromatic heterocycles. The van der Waals surface area contributed by atoms with E-state index in [9.17, 15) is 5.11 Å². The molecule has 1 fully saturated rings. The largest absolute Gasteiger partial charge is 0.389 e. The number of piperidine rings is 1. The Balaban J connectivity index is 1.84. The highest BCUT2D eigenvalue weighted by atomic mass is 16.5. The molecule has 1 aromatic carbocycles. The molecule has 1 heterocycles. The molecule has 2 N–H and O–H groups in total. The van der Waals surface area contributed by atoms with Crippen molar-refractivity contribution in [2.24, 2.45) is 0 Å². The molecule has 2 atom stereocenters. The molecule has 1 aliphatic heterocycles. The molecule has 2 rings (SSSR count). The molecule has 4 heteroatoms. The van der Waals surface area contributed by atoms with Gasteiger partial charge in [0.25, 0.3) is 0 Å². The minimum atomic E-state index is -0.378. The molecule has 1 aliphatic rings. The van der Waals surface area contributed by atoms with Crippen LogP contribution in [-0.4, -0.2) is 55.5 Å². The summed E-state index contributed by atoms with van der Waals surface area (Å²) in [6.45, 7) is 12.1. The molecule has 0 bridgehead atoms. The zero-order valence-electron chi connectivity index (χ0n) is 15.9. The second-order valence-corrected chi connectivity index (χ2v) is 7.37. The zero-order chi connectivity index (χ0) is 17.7. The Labute approximate surface area is 147 Å². The smallest absolute Gasteiger partial charge is 0.0900 e. The molecule has 0 amide bonds. The number of aliphatic hydroxyl groups is 1. The lowest BCUT2D eigenvalue weighted by Crippen LogP contribution is -2.46. The van der Waals surface area contributed by atoms with Crippen LogP contribution in [0.25, 0.3) is 0 Å². The Bertz CT molecular complexity index is 525. The van der Waals surface area contributed by atoms with Gasteiger partial charge in [0.2, 0.25) is 0 Å². The van der Waals surface area contributed by atoms with E-state index in [-0.39, 0.29) is 6.10 Å². The van der Waals surface area contributed by atoms with E-state index < -0.39 is 0 Å². The molecule has 136 valence electrons. The van der Waals surface area contributed by atoms with Gasteiger partial charge < -0.3 is 20.1 Å². The topological polar surface area (TPSA) is 44.7 Å². The van der Waals surface area contributed by atoms with Gasteiger partial charge in [-0.05, 0) is 75.9 Å². The van der Waals surface area contributed by atoms with Crippen LogP contribution in [0.1, 0.15) is 48.1 Å². The average Bonchev–Trinajstić information content (AvgIpc) is 2.53. The SMILES string of the molecule is COCC(O)CN1CCC(NC(C)c2cc(C)c(C)cc2C)CC1. The van der Waals surface area contributed by atoms with Crippen molar-refractivity contribution in [1.29, 1.82) is 0 Å². The second kappa shape index (κ2) is 8.95. The summed E-state index contributed by atoms with van der Waals surface area (Å²) in [6, 6.07) is 5.55. The van der Waals surface area contributed by atoms with Crippen LogP contribution in [0.4, 0.5) is 0 Å². The highest BCUT2D eigenvalue weighted by molar-refractivity contribution is 5.38. The minimum absolute atomic E-state index is 0.375. The third-order valence-corrected chi connectivity index (χ3v) is 5.25. The number of benzene rings is 1. The Hall–Kier alpha value is -0.940. The lowest BCUT2D eigenvalue weighted by molar-refractivity contribution is 0.0308. The molecule has 0 aliphatic carbocycles. The number of likely N-dealkylation sites (tertiary alicyclic amines) is 1. The van der Waals surface area contributed by atoms with Gasteiger partial charge >= 0.3 is 0 Å². The van der Waals surface area contributed by atoms with Gasteiger partial charge in [-0.25, -0.2) is 0 Å². The van der Waals surface area contributed by atoms with Crippen molar-refractivity contribution in [2.75, 3.05) is 33.4 Å². The Kier molecular flexibility index (Phi) is 7.23. The molecular weight excluding hydrogens is 300 g/mol. The fourth-order valence-electron chi connectivity index (χ4n) is 3.72. The third-order valence-electron chi connectivity index (χ3n) is 5.25. The lowest BCUT2D eigenvalue weighted by atomic mass is 9.95. The Morgan fingerprint density at radius 3 is 2.42 bits per heavy atom. The predicted molar refractivity (Wildman–Crippen MR) is 99.5 cm³/mol. The van der Waals surface area contributed by atoms with E-state index in [0.29, 0.717) is 25.2 Å². The van der Waals surface area contributed by atoms with Crippen molar-refractivity contribution in [3.05, 3.63) is 34.4 Å². The van der Waals surface area contributed by atoms with Gasteiger partial charge in [-0.3, -0.25) is 0 Å². The quantitative estimate of drug-likeness (QED) is 0.805. The molecule has 1 aromatic rings. The maximum Gasteiger partial charge on any atom is 0.0900 e. The van der Waals surface area contributed by atoms with E-state index in [2.05, 4.69) is 50.0 Å². The molecule has 1 saturated heterocycles. The Morgan fingerprint density at radius 2 is 1.79 bits per heavy atom. The zero-order valence-corrected chi connectivity index (χ0v) is 15.9. The molecule has 0 radical (unpaired) electrons. The maximum atomic E-state index is 9.86. The normalized spacial score (nSPS) is 19.4. The number of nitrogens with zero attached hydrogens (tertiary/aromatic N) is 1. The molecule has 2 unspecified atom stereocenters. The molecule has 24 heavy (non-hydrogen) atoms. The summed E-state index contributed by atoms with van der Waals surface area (Å²) >= 11 is 0. The van der Waals surface area contributed by atoms with E-state index in [1.165, 1.54) is 22.3 Å². The predicted octanol–water partition coefficient (Wildman–Crippen LogP) is 2.73. The molecule has 0 spiro atoms. The first-order valence-electron chi connectivity index (χ1n) is 9.13. The number of hydrogen-bond donors (Lipinski definition) is 2. The first-order chi connectivity index (χ1) is 11.4. The number of ether oxygens (including phenoxy) is 1. The standard InChI is InChI=1S/C20H34N2O2/c1-14-10-16(3)20(11-15(14)2)17(4)21-18-6-8-22(9-7-18)12-19(23)13-24-5/h10-11,17-19,21,23H,6-9,12-13H2,1-5H3. The summed E-state index contributed by atoms with van der Waals surface area (Å²) in [5.41, 5.74) is 5.52. The molecule has 4 nitrogen and oxygen atoms in total. The first kappa shape index (κ1) is 19.4. The van der Waals surface area contributed by atoms with Crippen molar-refractivity contribution < 1.29 is 9.84 Å². The van der Waals surface area contributed by atoms with E-state index in [1.54, 1.807) is 7.11 Å². The Morgan fingerprint density at radius 1 is 1.17 bits per heavy atom. The number of hydrogen-bond acceptors (Lipinski definition) is 4. The number of aryl methyl sites for hydroxylation is 3. The van der Waals surface area contributed by atoms with Gasteiger partial charge in [0, 0.05) is 25.7 Å². The van der Waals surface area contributed by atoms with Crippen LogP contribution in [0.5, 0.6) is 0 Å². The van der Waals surface area contributed by atoms with Crippen LogP contribution in [0.15, 0.2) is 12.1 Å².